The van der Waals surface area contributed by atoms with Crippen molar-refractivity contribution in [1.29, 1.82) is 0 Å². The first-order chi connectivity index (χ1) is 8.63. The SMILES string of the molecule is O=C(O)CC(O)(C(=O)O)C(C(=O)O)C1(S)NN=CS1. The van der Waals surface area contributed by atoms with E-state index in [1.807, 2.05) is 0 Å². The van der Waals surface area contributed by atoms with Gasteiger partial charge in [-0.15, -0.1) is 12.6 Å². The van der Waals surface area contributed by atoms with Gasteiger partial charge in [0, 0.05) is 0 Å². The summed E-state index contributed by atoms with van der Waals surface area (Å²) in [7, 11) is 0. The first-order valence-electron chi connectivity index (χ1n) is 4.73. The molecule has 3 unspecified atom stereocenters. The second-order valence-corrected chi connectivity index (χ2v) is 5.83. The number of nitrogens with one attached hydrogen (secondary N) is 1. The van der Waals surface area contributed by atoms with Crippen molar-refractivity contribution in [2.24, 2.45) is 11.0 Å². The van der Waals surface area contributed by atoms with Crippen LogP contribution in [0.5, 0.6) is 0 Å². The van der Waals surface area contributed by atoms with Crippen molar-refractivity contribution in [3.8, 4) is 0 Å². The van der Waals surface area contributed by atoms with E-state index in [1.165, 1.54) is 5.55 Å². The summed E-state index contributed by atoms with van der Waals surface area (Å²) in [4.78, 5) is 33.0. The zero-order valence-corrected chi connectivity index (χ0v) is 10.9. The Balaban J connectivity index is 3.24. The van der Waals surface area contributed by atoms with E-state index in [4.69, 9.17) is 15.3 Å². The molecule has 0 saturated heterocycles. The third kappa shape index (κ3) is 2.93. The minimum Gasteiger partial charge on any atom is -0.481 e. The lowest BCUT2D eigenvalue weighted by Gasteiger charge is -2.36. The zero-order chi connectivity index (χ0) is 14.8. The van der Waals surface area contributed by atoms with Gasteiger partial charge in [-0.25, -0.2) is 4.79 Å². The largest absolute Gasteiger partial charge is 0.481 e. The van der Waals surface area contributed by atoms with Crippen molar-refractivity contribution in [2.75, 3.05) is 0 Å². The molecule has 0 aromatic rings. The topological polar surface area (TPSA) is 157 Å². The van der Waals surface area contributed by atoms with Crippen molar-refractivity contribution in [2.45, 2.75) is 16.2 Å². The van der Waals surface area contributed by atoms with Gasteiger partial charge in [0.05, 0.1) is 12.0 Å². The van der Waals surface area contributed by atoms with Gasteiger partial charge >= 0.3 is 17.9 Å². The van der Waals surface area contributed by atoms with Gasteiger partial charge in [0.1, 0.15) is 5.92 Å². The van der Waals surface area contributed by atoms with Crippen LogP contribution >= 0.6 is 24.4 Å². The van der Waals surface area contributed by atoms with E-state index in [0.29, 0.717) is 11.8 Å². The monoisotopic (exact) mass is 310 g/mol. The number of thioether (sulfide) groups is 1. The van der Waals surface area contributed by atoms with E-state index >= 15 is 0 Å². The molecule has 0 bridgehead atoms. The Morgan fingerprint density at radius 1 is 1.42 bits per heavy atom. The summed E-state index contributed by atoms with van der Waals surface area (Å²) >= 11 is 4.67. The summed E-state index contributed by atoms with van der Waals surface area (Å²) < 4.78 is -1.77. The number of hydrogen-bond acceptors (Lipinski definition) is 8. The van der Waals surface area contributed by atoms with Gasteiger partial charge in [-0.2, -0.15) is 5.10 Å². The fraction of sp³-hybridized carbons (Fsp3) is 0.500. The van der Waals surface area contributed by atoms with Crippen molar-refractivity contribution >= 4 is 47.8 Å². The molecular formula is C8H10N2O7S2. The van der Waals surface area contributed by atoms with E-state index < -0.39 is 40.1 Å². The number of thiol groups is 1. The van der Waals surface area contributed by atoms with Crippen LogP contribution in [0.1, 0.15) is 6.42 Å². The summed E-state index contributed by atoms with van der Waals surface area (Å²) in [6.07, 6.45) is -1.29. The number of carboxylic acid groups (broad SMARTS) is 3. The van der Waals surface area contributed by atoms with Gasteiger partial charge in [-0.05, 0) is 0 Å². The molecule has 3 atom stereocenters. The fourth-order valence-electron chi connectivity index (χ4n) is 1.61. The first-order valence-corrected chi connectivity index (χ1v) is 6.05. The Hall–Kier alpha value is -1.46. The maximum atomic E-state index is 11.3. The minimum atomic E-state index is -3.03. The van der Waals surface area contributed by atoms with Crippen LogP contribution in [0.4, 0.5) is 0 Å². The van der Waals surface area contributed by atoms with Crippen LogP contribution in [0.25, 0.3) is 0 Å². The Labute approximate surface area is 116 Å². The first kappa shape index (κ1) is 15.6. The molecule has 106 valence electrons. The molecule has 0 aromatic carbocycles. The highest BCUT2D eigenvalue weighted by Gasteiger charge is 2.60. The highest BCUT2D eigenvalue weighted by atomic mass is 32.2. The molecule has 0 amide bonds. The number of aliphatic carboxylic acids is 3. The van der Waals surface area contributed by atoms with Crippen LogP contribution in [0.15, 0.2) is 5.10 Å². The predicted octanol–water partition coefficient (Wildman–Crippen LogP) is -1.16. The standard InChI is InChI=1S/C8H10N2O7S2/c11-3(12)1-7(17,6(15)16)4(5(13)14)8(18)10-9-2-19-8/h2,4,10,17-18H,1H2,(H,11,12)(H,13,14)(H,15,16). The number of carbonyl (C=O) groups is 3. The Kier molecular flexibility index (Phi) is 4.32. The summed E-state index contributed by atoms with van der Waals surface area (Å²) in [6, 6.07) is 0. The summed E-state index contributed by atoms with van der Waals surface area (Å²) in [5.41, 5.74) is 0.386. The van der Waals surface area contributed by atoms with Crippen LogP contribution in [-0.4, -0.2) is 53.7 Å². The number of hydrazone groups is 1. The van der Waals surface area contributed by atoms with Gasteiger partial charge in [-0.1, -0.05) is 11.8 Å². The molecule has 9 nitrogen and oxygen atoms in total. The molecule has 0 fully saturated rings. The minimum absolute atomic E-state index is 0.717. The van der Waals surface area contributed by atoms with Crippen molar-refractivity contribution < 1.29 is 34.8 Å². The lowest BCUT2D eigenvalue weighted by atomic mass is 9.83. The molecule has 19 heavy (non-hydrogen) atoms. The van der Waals surface area contributed by atoms with E-state index in [2.05, 4.69) is 23.2 Å². The predicted molar refractivity (Wildman–Crippen MR) is 66.9 cm³/mol. The maximum absolute atomic E-state index is 11.3. The molecule has 0 aromatic heterocycles. The normalized spacial score (nSPS) is 26.2. The molecule has 11 heteroatoms. The van der Waals surface area contributed by atoms with Crippen LogP contribution in [-0.2, 0) is 14.4 Å². The van der Waals surface area contributed by atoms with E-state index in [0.717, 1.165) is 0 Å². The Morgan fingerprint density at radius 3 is 2.32 bits per heavy atom. The van der Waals surface area contributed by atoms with Crippen molar-refractivity contribution in [3.63, 3.8) is 0 Å². The van der Waals surface area contributed by atoms with Gasteiger partial charge in [0.15, 0.2) is 9.80 Å². The molecule has 1 aliphatic rings. The molecule has 0 radical (unpaired) electrons. The van der Waals surface area contributed by atoms with E-state index in [9.17, 15) is 19.5 Å². The number of carboxylic acids is 3. The average molecular weight is 310 g/mol. The Bertz CT molecular complexity index is 446. The van der Waals surface area contributed by atoms with Gasteiger partial charge < -0.3 is 20.4 Å². The molecule has 1 heterocycles. The Morgan fingerprint density at radius 2 is 2.00 bits per heavy atom. The third-order valence-electron chi connectivity index (χ3n) is 2.42. The van der Waals surface area contributed by atoms with Crippen LogP contribution in [0.2, 0.25) is 0 Å². The van der Waals surface area contributed by atoms with Crippen LogP contribution in [0.3, 0.4) is 0 Å². The van der Waals surface area contributed by atoms with Gasteiger partial charge in [0.2, 0.25) is 0 Å². The fourth-order valence-corrected chi connectivity index (χ4v) is 2.94. The summed E-state index contributed by atoms with van der Waals surface area (Å²) in [5.74, 6) is -7.39. The summed E-state index contributed by atoms with van der Waals surface area (Å²) in [6.45, 7) is 0. The maximum Gasteiger partial charge on any atom is 0.337 e. The van der Waals surface area contributed by atoms with Crippen LogP contribution < -0.4 is 5.43 Å². The highest BCUT2D eigenvalue weighted by Crippen LogP contribution is 2.43. The van der Waals surface area contributed by atoms with E-state index in [1.54, 1.807) is 0 Å². The molecule has 5 N–H and O–H groups in total. The molecule has 0 spiro atoms. The lowest BCUT2D eigenvalue weighted by Crippen LogP contribution is -2.60. The zero-order valence-electron chi connectivity index (χ0n) is 9.18. The highest BCUT2D eigenvalue weighted by molar-refractivity contribution is 8.21. The van der Waals surface area contributed by atoms with Gasteiger partial charge in [0.25, 0.3) is 0 Å². The molecule has 1 rings (SSSR count). The van der Waals surface area contributed by atoms with Crippen LogP contribution in [0, 0.1) is 5.92 Å². The second kappa shape index (κ2) is 5.27. The number of aliphatic hydroxyl groups is 1. The lowest BCUT2D eigenvalue weighted by molar-refractivity contribution is -0.180. The number of nitrogens with zero attached hydrogens (tertiary/aromatic N) is 1. The third-order valence-corrected chi connectivity index (χ3v) is 3.99. The average Bonchev–Trinajstić information content (AvgIpc) is 2.63. The number of hydrogen-bond donors (Lipinski definition) is 6. The van der Waals surface area contributed by atoms with Crippen molar-refractivity contribution in [1.82, 2.24) is 5.43 Å². The molecule has 1 aliphatic heterocycles. The van der Waals surface area contributed by atoms with E-state index in [-0.39, 0.29) is 0 Å². The smallest absolute Gasteiger partial charge is 0.337 e. The second-order valence-electron chi connectivity index (χ2n) is 3.73. The van der Waals surface area contributed by atoms with Crippen molar-refractivity contribution in [3.05, 3.63) is 0 Å². The molecule has 0 saturated carbocycles. The van der Waals surface area contributed by atoms with Gasteiger partial charge in [-0.3, -0.25) is 15.0 Å². The quantitative estimate of drug-likeness (QED) is 0.333. The number of rotatable bonds is 6. The molecule has 0 aliphatic carbocycles. The summed E-state index contributed by atoms with van der Waals surface area (Å²) in [5, 5.41) is 40.2. The molecular weight excluding hydrogens is 300 g/mol.